The van der Waals surface area contributed by atoms with Gasteiger partial charge in [0.05, 0.1) is 12.5 Å². The molecular weight excluding hydrogens is 342 g/mol. The minimum absolute atomic E-state index is 0. The molecule has 2 N–H and O–H groups in total. The average Bonchev–Trinajstić information content (AvgIpc) is 2.52. The molecule has 0 spiro atoms. The lowest BCUT2D eigenvalue weighted by atomic mass is 10.1. The third kappa shape index (κ3) is 7.32. The number of amides is 2. The molecule has 140 valence electrons. The largest absolute Gasteiger partial charge is 0.444 e. The molecule has 1 aromatic carbocycles. The van der Waals surface area contributed by atoms with Gasteiger partial charge in [-0.2, -0.15) is 0 Å². The third-order valence-electron chi connectivity index (χ3n) is 3.72. The Morgan fingerprint density at radius 1 is 1.28 bits per heavy atom. The molecule has 1 atom stereocenters. The second-order valence-electron chi connectivity index (χ2n) is 7.00. The van der Waals surface area contributed by atoms with Crippen molar-refractivity contribution in [1.29, 1.82) is 0 Å². The molecule has 6 nitrogen and oxygen atoms in total. The summed E-state index contributed by atoms with van der Waals surface area (Å²) in [6.07, 6.45) is 0.0132. The number of hydrogen-bond acceptors (Lipinski definition) is 4. The molecule has 25 heavy (non-hydrogen) atoms. The van der Waals surface area contributed by atoms with Crippen LogP contribution in [0.5, 0.6) is 0 Å². The number of carbonyl (C=O) groups excluding carboxylic acids is 2. The molecule has 2 amide bonds. The first-order chi connectivity index (χ1) is 11.3. The number of rotatable bonds is 4. The van der Waals surface area contributed by atoms with Crippen LogP contribution >= 0.6 is 12.4 Å². The summed E-state index contributed by atoms with van der Waals surface area (Å²) < 4.78 is 5.46. The Balaban J connectivity index is 0.00000312. The minimum atomic E-state index is -0.525. The molecule has 0 bridgehead atoms. The molecule has 1 heterocycles. The van der Waals surface area contributed by atoms with Crippen LogP contribution in [0.3, 0.4) is 0 Å². The van der Waals surface area contributed by atoms with Crippen molar-refractivity contribution in [1.82, 2.24) is 15.5 Å². The molecule has 1 unspecified atom stereocenters. The predicted molar refractivity (Wildman–Crippen MR) is 100 cm³/mol. The summed E-state index contributed by atoms with van der Waals surface area (Å²) in [5, 5.41) is 6.18. The molecule has 0 aliphatic carbocycles. The lowest BCUT2D eigenvalue weighted by Crippen LogP contribution is -2.58. The number of hydrogen-bond donors (Lipinski definition) is 2. The summed E-state index contributed by atoms with van der Waals surface area (Å²) in [6, 6.07) is 9.50. The van der Waals surface area contributed by atoms with E-state index in [1.54, 1.807) is 4.90 Å². The van der Waals surface area contributed by atoms with Crippen LogP contribution in [0, 0.1) is 0 Å². The van der Waals surface area contributed by atoms with E-state index in [-0.39, 0.29) is 30.4 Å². The van der Waals surface area contributed by atoms with Crippen molar-refractivity contribution in [2.24, 2.45) is 0 Å². The van der Waals surface area contributed by atoms with Gasteiger partial charge in [0.2, 0.25) is 5.91 Å². The summed E-state index contributed by atoms with van der Waals surface area (Å²) in [6.45, 7) is 7.92. The summed E-state index contributed by atoms with van der Waals surface area (Å²) in [5.74, 6) is -0.0455. The zero-order valence-corrected chi connectivity index (χ0v) is 15.9. The Labute approximate surface area is 155 Å². The van der Waals surface area contributed by atoms with Gasteiger partial charge in [0, 0.05) is 26.2 Å². The van der Waals surface area contributed by atoms with Gasteiger partial charge in [0.25, 0.3) is 0 Å². The van der Waals surface area contributed by atoms with Gasteiger partial charge in [0.15, 0.2) is 0 Å². The third-order valence-corrected chi connectivity index (χ3v) is 3.72. The first-order valence-corrected chi connectivity index (χ1v) is 8.36. The predicted octanol–water partition coefficient (Wildman–Crippen LogP) is 1.98. The SMILES string of the molecule is CC(C)(C)OC(=O)N1CCNCC1CNC(=O)Cc1ccccc1.Cl. The van der Waals surface area contributed by atoms with Crippen LogP contribution in [0.2, 0.25) is 0 Å². The highest BCUT2D eigenvalue weighted by atomic mass is 35.5. The lowest BCUT2D eigenvalue weighted by Gasteiger charge is -2.37. The number of piperazine rings is 1. The van der Waals surface area contributed by atoms with Crippen LogP contribution < -0.4 is 10.6 Å². The Morgan fingerprint density at radius 2 is 1.96 bits per heavy atom. The van der Waals surface area contributed by atoms with Gasteiger partial charge >= 0.3 is 6.09 Å². The quantitative estimate of drug-likeness (QED) is 0.851. The Hall–Kier alpha value is -1.79. The fourth-order valence-corrected chi connectivity index (χ4v) is 2.58. The van der Waals surface area contributed by atoms with E-state index in [2.05, 4.69) is 10.6 Å². The maximum Gasteiger partial charge on any atom is 0.410 e. The molecule has 1 saturated heterocycles. The molecule has 0 radical (unpaired) electrons. The van der Waals surface area contributed by atoms with Crippen LogP contribution in [0.25, 0.3) is 0 Å². The number of benzene rings is 1. The number of carbonyl (C=O) groups is 2. The van der Waals surface area contributed by atoms with Crippen molar-refractivity contribution < 1.29 is 14.3 Å². The first-order valence-electron chi connectivity index (χ1n) is 8.36. The molecule has 1 aromatic rings. The van der Waals surface area contributed by atoms with E-state index < -0.39 is 5.60 Å². The normalized spacial score (nSPS) is 17.4. The summed E-state index contributed by atoms with van der Waals surface area (Å²) in [4.78, 5) is 26.1. The fraction of sp³-hybridized carbons (Fsp3) is 0.556. The topological polar surface area (TPSA) is 70.7 Å². The van der Waals surface area contributed by atoms with E-state index in [4.69, 9.17) is 4.74 Å². The Bertz CT molecular complexity index is 560. The number of ether oxygens (including phenoxy) is 1. The van der Waals surface area contributed by atoms with Crippen LogP contribution in [0.15, 0.2) is 30.3 Å². The second-order valence-corrected chi connectivity index (χ2v) is 7.00. The molecule has 0 saturated carbocycles. The van der Waals surface area contributed by atoms with Crippen LogP contribution in [-0.4, -0.2) is 54.7 Å². The molecule has 2 rings (SSSR count). The monoisotopic (exact) mass is 369 g/mol. The number of nitrogens with one attached hydrogen (secondary N) is 2. The lowest BCUT2D eigenvalue weighted by molar-refractivity contribution is -0.120. The highest BCUT2D eigenvalue weighted by Gasteiger charge is 2.30. The highest BCUT2D eigenvalue weighted by molar-refractivity contribution is 5.85. The molecule has 1 fully saturated rings. The molecule has 7 heteroatoms. The minimum Gasteiger partial charge on any atom is -0.444 e. The van der Waals surface area contributed by atoms with Crippen molar-refractivity contribution in [2.45, 2.75) is 38.8 Å². The Morgan fingerprint density at radius 3 is 2.60 bits per heavy atom. The summed E-state index contributed by atoms with van der Waals surface area (Å²) in [5.41, 5.74) is 0.448. The van der Waals surface area contributed by atoms with Crippen molar-refractivity contribution in [3.8, 4) is 0 Å². The van der Waals surface area contributed by atoms with E-state index in [9.17, 15) is 9.59 Å². The van der Waals surface area contributed by atoms with Gasteiger partial charge in [-0.15, -0.1) is 12.4 Å². The number of nitrogens with zero attached hydrogens (tertiary/aromatic N) is 1. The smallest absolute Gasteiger partial charge is 0.410 e. The van der Waals surface area contributed by atoms with Crippen molar-refractivity contribution in [3.63, 3.8) is 0 Å². The number of halogens is 1. The molecule has 1 aliphatic rings. The first kappa shape index (κ1) is 21.3. The van der Waals surface area contributed by atoms with E-state index >= 15 is 0 Å². The molecule has 1 aliphatic heterocycles. The molecular formula is C18H28ClN3O3. The van der Waals surface area contributed by atoms with E-state index in [1.165, 1.54) is 0 Å². The van der Waals surface area contributed by atoms with Gasteiger partial charge in [-0.05, 0) is 26.3 Å². The van der Waals surface area contributed by atoms with E-state index in [0.29, 0.717) is 26.1 Å². The van der Waals surface area contributed by atoms with Gasteiger partial charge in [-0.3, -0.25) is 4.79 Å². The van der Waals surface area contributed by atoms with E-state index in [0.717, 1.165) is 12.1 Å². The highest BCUT2D eigenvalue weighted by Crippen LogP contribution is 2.13. The van der Waals surface area contributed by atoms with Gasteiger partial charge in [-0.1, -0.05) is 30.3 Å². The maximum atomic E-state index is 12.3. The van der Waals surface area contributed by atoms with Crippen molar-refractivity contribution in [2.75, 3.05) is 26.2 Å². The second kappa shape index (κ2) is 9.63. The standard InChI is InChI=1S/C18H27N3O3.ClH/c1-18(2,3)24-17(23)21-10-9-19-12-15(21)13-20-16(22)11-14-7-5-4-6-8-14;/h4-8,15,19H,9-13H2,1-3H3,(H,20,22);1H. The van der Waals surface area contributed by atoms with Crippen LogP contribution in [0.1, 0.15) is 26.3 Å². The zero-order chi connectivity index (χ0) is 17.6. The fourth-order valence-electron chi connectivity index (χ4n) is 2.58. The maximum absolute atomic E-state index is 12.3. The summed E-state index contributed by atoms with van der Waals surface area (Å²) >= 11 is 0. The van der Waals surface area contributed by atoms with Crippen molar-refractivity contribution >= 4 is 24.4 Å². The average molecular weight is 370 g/mol. The van der Waals surface area contributed by atoms with Gasteiger partial charge in [0.1, 0.15) is 5.60 Å². The van der Waals surface area contributed by atoms with E-state index in [1.807, 2.05) is 51.1 Å². The van der Waals surface area contributed by atoms with Crippen molar-refractivity contribution in [3.05, 3.63) is 35.9 Å². The van der Waals surface area contributed by atoms with Crippen LogP contribution in [-0.2, 0) is 16.0 Å². The van der Waals surface area contributed by atoms with Gasteiger partial charge in [-0.25, -0.2) is 4.79 Å². The Kier molecular flexibility index (Phi) is 8.19. The molecule has 0 aromatic heterocycles. The zero-order valence-electron chi connectivity index (χ0n) is 15.1. The van der Waals surface area contributed by atoms with Gasteiger partial charge < -0.3 is 20.3 Å². The summed E-state index contributed by atoms with van der Waals surface area (Å²) in [7, 11) is 0. The van der Waals surface area contributed by atoms with Crippen LogP contribution in [0.4, 0.5) is 4.79 Å².